The Morgan fingerprint density at radius 1 is 1.00 bits per heavy atom. The molecule has 0 bridgehead atoms. The molecule has 0 aliphatic heterocycles. The highest BCUT2D eigenvalue weighted by Crippen LogP contribution is 2.17. The van der Waals surface area contributed by atoms with E-state index < -0.39 is 0 Å². The van der Waals surface area contributed by atoms with E-state index in [0.717, 1.165) is 25.1 Å². The van der Waals surface area contributed by atoms with Crippen LogP contribution in [0.25, 0.3) is 0 Å². The Balaban J connectivity index is 1.82. The molecule has 0 heterocycles. The maximum atomic E-state index is 5.39. The van der Waals surface area contributed by atoms with Gasteiger partial charge < -0.3 is 10.1 Å². The molecule has 0 aromatic heterocycles. The third-order valence-electron chi connectivity index (χ3n) is 3.87. The first-order chi connectivity index (χ1) is 10.2. The van der Waals surface area contributed by atoms with E-state index in [1.807, 2.05) is 12.1 Å². The number of hydrogen-bond donors (Lipinski definition) is 1. The second-order valence-electron chi connectivity index (χ2n) is 5.55. The third kappa shape index (κ3) is 4.61. The molecule has 0 saturated carbocycles. The molecule has 0 spiro atoms. The Labute approximate surface area is 128 Å². The van der Waals surface area contributed by atoms with Gasteiger partial charge in [0.25, 0.3) is 0 Å². The summed E-state index contributed by atoms with van der Waals surface area (Å²) in [4.78, 5) is 0. The summed E-state index contributed by atoms with van der Waals surface area (Å²) in [5.74, 6) is 0.978. The first-order valence-electron chi connectivity index (χ1n) is 7.60. The van der Waals surface area contributed by atoms with Gasteiger partial charge in [0.1, 0.15) is 5.75 Å². The summed E-state index contributed by atoms with van der Waals surface area (Å²) >= 11 is 0. The van der Waals surface area contributed by atoms with Crippen LogP contribution in [0.15, 0.2) is 48.5 Å². The van der Waals surface area contributed by atoms with Gasteiger partial charge in [0.2, 0.25) is 0 Å². The van der Waals surface area contributed by atoms with Gasteiger partial charge in [0.05, 0.1) is 7.11 Å². The van der Waals surface area contributed by atoms with Crippen LogP contribution in [-0.4, -0.2) is 19.7 Å². The normalized spacial score (nSPS) is 12.1. The second kappa shape index (κ2) is 7.84. The van der Waals surface area contributed by atoms with Crippen LogP contribution in [0, 0.1) is 6.92 Å². The van der Waals surface area contributed by atoms with E-state index in [2.05, 4.69) is 55.6 Å². The molecule has 1 atom stereocenters. The van der Waals surface area contributed by atoms with Crippen molar-refractivity contribution in [1.29, 1.82) is 0 Å². The number of nitrogens with one attached hydrogen (secondary N) is 1. The Kier molecular flexibility index (Phi) is 5.82. The van der Waals surface area contributed by atoms with Gasteiger partial charge in [-0.3, -0.25) is 0 Å². The van der Waals surface area contributed by atoms with Gasteiger partial charge in [0, 0.05) is 6.04 Å². The lowest BCUT2D eigenvalue weighted by molar-refractivity contribution is 0.408. The van der Waals surface area contributed by atoms with Crippen LogP contribution in [0.2, 0.25) is 0 Å². The topological polar surface area (TPSA) is 21.3 Å². The number of rotatable bonds is 7. The molecule has 2 rings (SSSR count). The zero-order chi connectivity index (χ0) is 15.1. The van der Waals surface area contributed by atoms with Crippen LogP contribution in [0.1, 0.15) is 23.6 Å². The van der Waals surface area contributed by atoms with Crippen molar-refractivity contribution in [2.45, 2.75) is 32.7 Å². The van der Waals surface area contributed by atoms with Crippen molar-refractivity contribution in [1.82, 2.24) is 5.32 Å². The predicted octanol–water partition coefficient (Wildman–Crippen LogP) is 3.77. The van der Waals surface area contributed by atoms with Crippen molar-refractivity contribution < 1.29 is 4.74 Å². The van der Waals surface area contributed by atoms with Crippen molar-refractivity contribution in [2.75, 3.05) is 13.7 Å². The predicted molar refractivity (Wildman–Crippen MR) is 89.0 cm³/mol. The maximum absolute atomic E-state index is 5.39. The van der Waals surface area contributed by atoms with Crippen LogP contribution in [-0.2, 0) is 12.8 Å². The fourth-order valence-electron chi connectivity index (χ4n) is 2.60. The zero-order valence-corrected chi connectivity index (χ0v) is 13.2. The first-order valence-corrected chi connectivity index (χ1v) is 7.60. The molecule has 2 aromatic carbocycles. The fraction of sp³-hybridized carbons (Fsp3) is 0.368. The van der Waals surface area contributed by atoms with Crippen LogP contribution in [0.3, 0.4) is 0 Å². The maximum Gasteiger partial charge on any atom is 0.122 e. The van der Waals surface area contributed by atoms with E-state index in [9.17, 15) is 0 Å². The van der Waals surface area contributed by atoms with Gasteiger partial charge in [-0.15, -0.1) is 0 Å². The average Bonchev–Trinajstić information content (AvgIpc) is 2.50. The van der Waals surface area contributed by atoms with E-state index in [4.69, 9.17) is 4.74 Å². The molecular formula is C19H25NO. The summed E-state index contributed by atoms with van der Waals surface area (Å²) < 4.78 is 5.39. The molecule has 1 unspecified atom stereocenters. The lowest BCUT2D eigenvalue weighted by Crippen LogP contribution is -2.30. The minimum atomic E-state index is 0.473. The Bertz CT molecular complexity index is 565. The van der Waals surface area contributed by atoms with Crippen molar-refractivity contribution in [3.63, 3.8) is 0 Å². The minimum absolute atomic E-state index is 0.473. The number of hydrogen-bond acceptors (Lipinski definition) is 2. The van der Waals surface area contributed by atoms with Crippen molar-refractivity contribution in [3.8, 4) is 5.75 Å². The molecule has 0 amide bonds. The van der Waals surface area contributed by atoms with Gasteiger partial charge in [-0.2, -0.15) is 0 Å². The van der Waals surface area contributed by atoms with E-state index in [0.29, 0.717) is 6.04 Å². The molecule has 0 aliphatic rings. The van der Waals surface area contributed by atoms with E-state index in [1.54, 1.807) is 7.11 Å². The molecule has 1 N–H and O–H groups in total. The van der Waals surface area contributed by atoms with Crippen LogP contribution in [0.4, 0.5) is 0 Å². The van der Waals surface area contributed by atoms with Gasteiger partial charge in [0.15, 0.2) is 0 Å². The van der Waals surface area contributed by atoms with Gasteiger partial charge in [-0.1, -0.05) is 42.5 Å². The Morgan fingerprint density at radius 3 is 2.38 bits per heavy atom. The lowest BCUT2D eigenvalue weighted by Gasteiger charge is -2.16. The summed E-state index contributed by atoms with van der Waals surface area (Å²) in [5, 5.41) is 3.60. The molecule has 2 aromatic rings. The Hall–Kier alpha value is -1.80. The number of aryl methyl sites for hydroxylation is 1. The summed E-state index contributed by atoms with van der Waals surface area (Å²) in [7, 11) is 1.73. The molecule has 0 aliphatic carbocycles. The number of benzene rings is 2. The van der Waals surface area contributed by atoms with E-state index >= 15 is 0 Å². The van der Waals surface area contributed by atoms with Crippen LogP contribution >= 0.6 is 0 Å². The van der Waals surface area contributed by atoms with Crippen molar-refractivity contribution in [2.24, 2.45) is 0 Å². The van der Waals surface area contributed by atoms with Crippen LogP contribution in [0.5, 0.6) is 5.75 Å². The highest BCUT2D eigenvalue weighted by Gasteiger charge is 2.06. The molecule has 0 fully saturated rings. The van der Waals surface area contributed by atoms with Gasteiger partial charge >= 0.3 is 0 Å². The number of para-hydroxylation sites is 1. The van der Waals surface area contributed by atoms with Crippen LogP contribution < -0.4 is 10.1 Å². The average molecular weight is 283 g/mol. The zero-order valence-electron chi connectivity index (χ0n) is 13.2. The Morgan fingerprint density at radius 2 is 1.67 bits per heavy atom. The van der Waals surface area contributed by atoms with E-state index in [-0.39, 0.29) is 0 Å². The fourth-order valence-corrected chi connectivity index (χ4v) is 2.60. The molecule has 21 heavy (non-hydrogen) atoms. The number of ether oxygens (including phenoxy) is 1. The van der Waals surface area contributed by atoms with Crippen molar-refractivity contribution in [3.05, 3.63) is 65.2 Å². The molecule has 112 valence electrons. The molecule has 0 radical (unpaired) electrons. The van der Waals surface area contributed by atoms with Gasteiger partial charge in [-0.25, -0.2) is 0 Å². The summed E-state index contributed by atoms with van der Waals surface area (Å²) in [6, 6.07) is 17.3. The lowest BCUT2D eigenvalue weighted by atomic mass is 10.0. The first kappa shape index (κ1) is 15.6. The summed E-state index contributed by atoms with van der Waals surface area (Å²) in [6.07, 6.45) is 2.06. The van der Waals surface area contributed by atoms with E-state index in [1.165, 1.54) is 16.7 Å². The van der Waals surface area contributed by atoms with Crippen molar-refractivity contribution >= 4 is 0 Å². The smallest absolute Gasteiger partial charge is 0.122 e. The quantitative estimate of drug-likeness (QED) is 0.835. The number of methoxy groups -OCH3 is 1. The standard InChI is InChI=1S/C19H25NO/c1-15-8-4-5-10-18(15)14-16(2)20-13-12-17-9-6-7-11-19(17)21-3/h4-11,16,20H,12-14H2,1-3H3. The molecular weight excluding hydrogens is 258 g/mol. The second-order valence-corrected chi connectivity index (χ2v) is 5.55. The SMILES string of the molecule is COc1ccccc1CCNC(C)Cc1ccccc1C. The minimum Gasteiger partial charge on any atom is -0.496 e. The molecule has 2 heteroatoms. The van der Waals surface area contributed by atoms with Gasteiger partial charge in [-0.05, 0) is 56.0 Å². The monoisotopic (exact) mass is 283 g/mol. The third-order valence-corrected chi connectivity index (χ3v) is 3.87. The highest BCUT2D eigenvalue weighted by molar-refractivity contribution is 5.33. The largest absolute Gasteiger partial charge is 0.496 e. The summed E-state index contributed by atoms with van der Waals surface area (Å²) in [5.41, 5.74) is 4.06. The highest BCUT2D eigenvalue weighted by atomic mass is 16.5. The summed E-state index contributed by atoms with van der Waals surface area (Å²) in [6.45, 7) is 5.39. The molecule has 2 nitrogen and oxygen atoms in total. The molecule has 0 saturated heterocycles.